The minimum Gasteiger partial charge on any atom is -0.368 e. The third-order valence-corrected chi connectivity index (χ3v) is 3.87. The molecule has 0 N–H and O–H groups in total. The van der Waals surface area contributed by atoms with Gasteiger partial charge in [0.15, 0.2) is 0 Å². The topological polar surface area (TPSA) is 6.48 Å². The van der Waals surface area contributed by atoms with Crippen LogP contribution in [0.4, 0.5) is 5.69 Å². The number of hydrogen-bond donors (Lipinski definition) is 0. The summed E-state index contributed by atoms with van der Waals surface area (Å²) in [6, 6.07) is 7.26. The summed E-state index contributed by atoms with van der Waals surface area (Å²) in [6.45, 7) is 8.84. The fourth-order valence-electron chi connectivity index (χ4n) is 2.47. The van der Waals surface area contributed by atoms with Gasteiger partial charge in [-0.2, -0.15) is 0 Å². The zero-order chi connectivity index (χ0) is 13.7. The van der Waals surface area contributed by atoms with E-state index in [0.717, 1.165) is 18.4 Å². The molecule has 0 heterocycles. The molecule has 18 heavy (non-hydrogen) atoms. The van der Waals surface area contributed by atoms with Crippen molar-refractivity contribution in [2.45, 2.75) is 32.1 Å². The number of rotatable bonds is 6. The van der Waals surface area contributed by atoms with Gasteiger partial charge >= 0.3 is 0 Å². The number of halogens is 1. The molecule has 0 spiro atoms. The number of anilines is 1. The van der Waals surface area contributed by atoms with Crippen LogP contribution >= 0.6 is 15.9 Å². The fraction of sp³-hybridized carbons (Fsp3) is 0.600. The maximum atomic E-state index is 3.51. The highest BCUT2D eigenvalue weighted by Crippen LogP contribution is 2.24. The summed E-state index contributed by atoms with van der Waals surface area (Å²) in [7, 11) is 4.26. The van der Waals surface area contributed by atoms with Gasteiger partial charge in [-0.25, -0.2) is 0 Å². The van der Waals surface area contributed by atoms with Crippen molar-refractivity contribution in [2.24, 2.45) is 0 Å². The monoisotopic (exact) mass is 312 g/mol. The Labute approximate surface area is 120 Å². The lowest BCUT2D eigenvalue weighted by Gasteiger charge is -2.33. The van der Waals surface area contributed by atoms with Crippen LogP contribution in [0.3, 0.4) is 0 Å². The van der Waals surface area contributed by atoms with Crippen molar-refractivity contribution in [3.63, 3.8) is 0 Å². The lowest BCUT2D eigenvalue weighted by atomic mass is 10.1. The van der Waals surface area contributed by atoms with Gasteiger partial charge in [-0.1, -0.05) is 28.1 Å². The van der Waals surface area contributed by atoms with Gasteiger partial charge in [0, 0.05) is 30.1 Å². The van der Waals surface area contributed by atoms with E-state index in [9.17, 15) is 0 Å². The number of benzene rings is 1. The SMILES string of the molecule is CCN(c1ccc(CBr)cc1C)C(C)CN(C)C. The number of aryl methyl sites for hydroxylation is 1. The van der Waals surface area contributed by atoms with Crippen molar-refractivity contribution in [1.29, 1.82) is 0 Å². The summed E-state index contributed by atoms with van der Waals surface area (Å²) in [6.07, 6.45) is 0. The Bertz CT molecular complexity index is 377. The van der Waals surface area contributed by atoms with Crippen molar-refractivity contribution in [1.82, 2.24) is 4.90 Å². The first-order valence-corrected chi connectivity index (χ1v) is 7.68. The zero-order valence-corrected chi connectivity index (χ0v) is 13.8. The number of hydrogen-bond acceptors (Lipinski definition) is 2. The molecule has 1 unspecified atom stereocenters. The van der Waals surface area contributed by atoms with Crippen LogP contribution in [0.2, 0.25) is 0 Å². The fourth-order valence-corrected chi connectivity index (χ4v) is 2.82. The van der Waals surface area contributed by atoms with E-state index in [4.69, 9.17) is 0 Å². The first kappa shape index (κ1) is 15.5. The molecule has 0 aromatic heterocycles. The van der Waals surface area contributed by atoms with Gasteiger partial charge < -0.3 is 9.80 Å². The smallest absolute Gasteiger partial charge is 0.0398 e. The summed E-state index contributed by atoms with van der Waals surface area (Å²) < 4.78 is 0. The van der Waals surface area contributed by atoms with E-state index in [1.54, 1.807) is 0 Å². The Morgan fingerprint density at radius 2 is 1.94 bits per heavy atom. The lowest BCUT2D eigenvalue weighted by Crippen LogP contribution is -2.40. The average molecular weight is 313 g/mol. The summed E-state index contributed by atoms with van der Waals surface area (Å²) in [5, 5.41) is 0.924. The van der Waals surface area contributed by atoms with Gasteiger partial charge in [0.25, 0.3) is 0 Å². The molecular formula is C15H25BrN2. The Hall–Kier alpha value is -0.540. The molecule has 0 saturated heterocycles. The second kappa shape index (κ2) is 7.15. The molecule has 0 radical (unpaired) electrons. The number of alkyl halides is 1. The van der Waals surface area contributed by atoms with Gasteiger partial charge in [0.05, 0.1) is 0 Å². The van der Waals surface area contributed by atoms with Crippen LogP contribution in [0.1, 0.15) is 25.0 Å². The van der Waals surface area contributed by atoms with Crippen molar-refractivity contribution < 1.29 is 0 Å². The Morgan fingerprint density at radius 1 is 1.28 bits per heavy atom. The third-order valence-electron chi connectivity index (χ3n) is 3.23. The lowest BCUT2D eigenvalue weighted by molar-refractivity contribution is 0.373. The first-order chi connectivity index (χ1) is 8.49. The molecule has 2 nitrogen and oxygen atoms in total. The van der Waals surface area contributed by atoms with E-state index in [1.165, 1.54) is 16.8 Å². The molecule has 0 aliphatic carbocycles. The van der Waals surface area contributed by atoms with E-state index < -0.39 is 0 Å². The Balaban J connectivity index is 2.94. The standard InChI is InChI=1S/C15H25BrN2/c1-6-18(13(3)11-17(4)5)15-8-7-14(10-16)9-12(15)2/h7-9,13H,6,10-11H2,1-5H3. The summed E-state index contributed by atoms with van der Waals surface area (Å²) in [5.41, 5.74) is 4.06. The van der Waals surface area contributed by atoms with Crippen molar-refractivity contribution in [2.75, 3.05) is 32.1 Å². The molecule has 0 bridgehead atoms. The van der Waals surface area contributed by atoms with Crippen LogP contribution in [0.25, 0.3) is 0 Å². The van der Waals surface area contributed by atoms with E-state index in [0.29, 0.717) is 6.04 Å². The molecule has 0 fully saturated rings. The molecule has 1 aromatic carbocycles. The molecule has 0 aliphatic rings. The zero-order valence-electron chi connectivity index (χ0n) is 12.2. The van der Waals surface area contributed by atoms with Gasteiger partial charge in [0.2, 0.25) is 0 Å². The van der Waals surface area contributed by atoms with Crippen LogP contribution in [0.5, 0.6) is 0 Å². The largest absolute Gasteiger partial charge is 0.368 e. The van der Waals surface area contributed by atoms with Crippen molar-refractivity contribution in [3.05, 3.63) is 29.3 Å². The van der Waals surface area contributed by atoms with Crippen LogP contribution in [0.15, 0.2) is 18.2 Å². The molecule has 1 aromatic rings. The van der Waals surface area contributed by atoms with Crippen LogP contribution in [-0.4, -0.2) is 38.1 Å². The Morgan fingerprint density at radius 3 is 2.39 bits per heavy atom. The van der Waals surface area contributed by atoms with Gasteiger partial charge in [0.1, 0.15) is 0 Å². The van der Waals surface area contributed by atoms with E-state index in [-0.39, 0.29) is 0 Å². The highest BCUT2D eigenvalue weighted by atomic mass is 79.9. The van der Waals surface area contributed by atoms with Gasteiger partial charge in [-0.3, -0.25) is 0 Å². The molecule has 3 heteroatoms. The molecule has 1 atom stereocenters. The predicted octanol–water partition coefficient (Wildman–Crippen LogP) is 3.67. The van der Waals surface area contributed by atoms with E-state index in [1.807, 2.05) is 0 Å². The third kappa shape index (κ3) is 3.99. The van der Waals surface area contributed by atoms with Crippen LogP contribution in [0, 0.1) is 6.92 Å². The predicted molar refractivity (Wildman–Crippen MR) is 84.8 cm³/mol. The molecular weight excluding hydrogens is 288 g/mol. The maximum absolute atomic E-state index is 3.51. The maximum Gasteiger partial charge on any atom is 0.0398 e. The summed E-state index contributed by atoms with van der Waals surface area (Å²) in [5.74, 6) is 0. The quantitative estimate of drug-likeness (QED) is 0.740. The molecule has 0 amide bonds. The normalized spacial score (nSPS) is 12.8. The highest BCUT2D eigenvalue weighted by molar-refractivity contribution is 9.08. The number of likely N-dealkylation sites (N-methyl/N-ethyl adjacent to an activating group) is 2. The molecule has 0 saturated carbocycles. The average Bonchev–Trinajstić information content (AvgIpc) is 2.31. The second-order valence-electron chi connectivity index (χ2n) is 5.15. The minimum absolute atomic E-state index is 0.526. The van der Waals surface area contributed by atoms with Crippen LogP contribution < -0.4 is 4.90 Å². The Kier molecular flexibility index (Phi) is 6.16. The summed E-state index contributed by atoms with van der Waals surface area (Å²) >= 11 is 3.51. The number of nitrogens with zero attached hydrogens (tertiary/aromatic N) is 2. The molecule has 1 rings (SSSR count). The molecule has 0 aliphatic heterocycles. The van der Waals surface area contributed by atoms with Gasteiger partial charge in [-0.05, 0) is 52.1 Å². The van der Waals surface area contributed by atoms with Crippen molar-refractivity contribution >= 4 is 21.6 Å². The first-order valence-electron chi connectivity index (χ1n) is 6.56. The minimum atomic E-state index is 0.526. The molecule has 102 valence electrons. The van der Waals surface area contributed by atoms with Gasteiger partial charge in [-0.15, -0.1) is 0 Å². The van der Waals surface area contributed by atoms with Crippen molar-refractivity contribution in [3.8, 4) is 0 Å². The summed E-state index contributed by atoms with van der Waals surface area (Å²) in [4.78, 5) is 4.73. The highest BCUT2D eigenvalue weighted by Gasteiger charge is 2.15. The van der Waals surface area contributed by atoms with E-state index in [2.05, 4.69) is 78.8 Å². The second-order valence-corrected chi connectivity index (χ2v) is 5.71. The van der Waals surface area contributed by atoms with Crippen LogP contribution in [-0.2, 0) is 5.33 Å². The van der Waals surface area contributed by atoms with E-state index >= 15 is 0 Å².